The highest BCUT2D eigenvalue weighted by atomic mass is 35.5. The molecule has 0 aliphatic carbocycles. The van der Waals surface area contributed by atoms with Crippen molar-refractivity contribution in [3.63, 3.8) is 0 Å². The minimum atomic E-state index is -0.450. The molecule has 2 aromatic rings. The van der Waals surface area contributed by atoms with Gasteiger partial charge in [-0.1, -0.05) is 11.6 Å². The minimum Gasteiger partial charge on any atom is -0.465 e. The highest BCUT2D eigenvalue weighted by molar-refractivity contribution is 6.30. The van der Waals surface area contributed by atoms with Crippen LogP contribution in [-0.2, 0) is 4.74 Å². The van der Waals surface area contributed by atoms with E-state index in [0.717, 1.165) is 5.69 Å². The number of hydrogen-bond acceptors (Lipinski definition) is 4. The predicted molar refractivity (Wildman–Crippen MR) is 55.0 cm³/mol. The molecule has 0 radical (unpaired) electrons. The zero-order chi connectivity index (χ0) is 11.0. The molecule has 0 aliphatic heterocycles. The van der Waals surface area contributed by atoms with E-state index in [1.54, 1.807) is 6.92 Å². The molecule has 78 valence electrons. The Morgan fingerprint density at radius 3 is 3.00 bits per heavy atom. The second-order valence-corrected chi connectivity index (χ2v) is 3.42. The van der Waals surface area contributed by atoms with Crippen molar-refractivity contribution in [1.29, 1.82) is 0 Å². The number of fused-ring (bicyclic) bond motifs is 1. The van der Waals surface area contributed by atoms with E-state index >= 15 is 0 Å². The van der Waals surface area contributed by atoms with E-state index in [9.17, 15) is 4.79 Å². The number of nitrogens with zero attached hydrogens (tertiary/aromatic N) is 2. The molecule has 2 aromatic heterocycles. The topological polar surface area (TPSA) is 67.9 Å². The number of aromatic nitrogens is 3. The molecule has 2 rings (SSSR count). The van der Waals surface area contributed by atoms with Crippen LogP contribution in [0.3, 0.4) is 0 Å². The number of H-pyrrole nitrogens is 1. The van der Waals surface area contributed by atoms with E-state index in [-0.39, 0.29) is 5.15 Å². The summed E-state index contributed by atoms with van der Waals surface area (Å²) in [5.41, 5.74) is 1.55. The first-order valence-electron chi connectivity index (χ1n) is 4.23. The number of aryl methyl sites for hydroxylation is 1. The summed E-state index contributed by atoms with van der Waals surface area (Å²) in [4.78, 5) is 15.5. The Bertz CT molecular complexity index is 535. The molecular weight excluding hydrogens is 218 g/mol. The summed E-state index contributed by atoms with van der Waals surface area (Å²) < 4.78 is 4.66. The Labute approximate surface area is 90.4 Å². The van der Waals surface area contributed by atoms with Crippen LogP contribution >= 0.6 is 11.6 Å². The summed E-state index contributed by atoms with van der Waals surface area (Å²) in [6.45, 7) is 1.80. The second kappa shape index (κ2) is 3.51. The van der Waals surface area contributed by atoms with E-state index in [1.165, 1.54) is 13.2 Å². The molecule has 0 atom stereocenters. The fourth-order valence-corrected chi connectivity index (χ4v) is 1.60. The van der Waals surface area contributed by atoms with Gasteiger partial charge in [-0.05, 0) is 13.0 Å². The van der Waals surface area contributed by atoms with Crippen molar-refractivity contribution < 1.29 is 9.53 Å². The van der Waals surface area contributed by atoms with Crippen LogP contribution in [0.4, 0.5) is 0 Å². The van der Waals surface area contributed by atoms with Crippen molar-refractivity contribution in [3.8, 4) is 0 Å². The summed E-state index contributed by atoms with van der Waals surface area (Å²) in [6.07, 6.45) is 0. The van der Waals surface area contributed by atoms with Crippen molar-refractivity contribution in [2.45, 2.75) is 6.92 Å². The van der Waals surface area contributed by atoms with Crippen molar-refractivity contribution >= 4 is 28.6 Å². The van der Waals surface area contributed by atoms with Gasteiger partial charge in [-0.2, -0.15) is 5.10 Å². The third-order valence-electron chi connectivity index (χ3n) is 2.08. The predicted octanol–water partition coefficient (Wildman–Crippen LogP) is 1.71. The lowest BCUT2D eigenvalue weighted by Gasteiger charge is -2.01. The van der Waals surface area contributed by atoms with Crippen LogP contribution in [0.25, 0.3) is 11.0 Å². The number of rotatable bonds is 1. The van der Waals surface area contributed by atoms with Gasteiger partial charge in [0.1, 0.15) is 5.15 Å². The number of nitrogens with one attached hydrogen (secondary N) is 1. The van der Waals surface area contributed by atoms with Gasteiger partial charge in [-0.25, -0.2) is 9.78 Å². The summed E-state index contributed by atoms with van der Waals surface area (Å²) in [6, 6.07) is 1.47. The Hall–Kier alpha value is -1.62. The monoisotopic (exact) mass is 225 g/mol. The van der Waals surface area contributed by atoms with Crippen LogP contribution in [0.2, 0.25) is 5.15 Å². The second-order valence-electron chi connectivity index (χ2n) is 3.03. The number of halogens is 1. The summed E-state index contributed by atoms with van der Waals surface area (Å²) in [5, 5.41) is 7.53. The quantitative estimate of drug-likeness (QED) is 0.593. The smallest absolute Gasteiger partial charge is 0.338 e. The average molecular weight is 226 g/mol. The average Bonchev–Trinajstić information content (AvgIpc) is 2.58. The minimum absolute atomic E-state index is 0.217. The Balaban J connectivity index is 2.80. The highest BCUT2D eigenvalue weighted by Gasteiger charge is 2.16. The fraction of sp³-hybridized carbons (Fsp3) is 0.222. The molecule has 0 saturated carbocycles. The zero-order valence-corrected chi connectivity index (χ0v) is 8.92. The normalized spacial score (nSPS) is 10.6. The third kappa shape index (κ3) is 1.55. The number of hydrogen-bond donors (Lipinski definition) is 1. The maximum Gasteiger partial charge on any atom is 0.338 e. The zero-order valence-electron chi connectivity index (χ0n) is 8.17. The maximum absolute atomic E-state index is 11.5. The third-order valence-corrected chi connectivity index (χ3v) is 2.27. The van der Waals surface area contributed by atoms with Crippen LogP contribution in [0.15, 0.2) is 6.07 Å². The van der Waals surface area contributed by atoms with Gasteiger partial charge in [0.25, 0.3) is 0 Å². The molecule has 0 amide bonds. The lowest BCUT2D eigenvalue weighted by atomic mass is 10.1. The lowest BCUT2D eigenvalue weighted by Crippen LogP contribution is -2.03. The van der Waals surface area contributed by atoms with E-state index in [0.29, 0.717) is 16.6 Å². The summed E-state index contributed by atoms with van der Waals surface area (Å²) in [7, 11) is 1.32. The number of aromatic amines is 1. The molecule has 0 fully saturated rings. The van der Waals surface area contributed by atoms with Crippen LogP contribution in [0.1, 0.15) is 16.1 Å². The molecular formula is C9H8ClN3O2. The lowest BCUT2D eigenvalue weighted by molar-refractivity contribution is 0.0603. The standard InChI is InChI=1S/C9H8ClN3O2/c1-4-7-5(9(14)15-2)3-6(10)11-8(7)13-12-4/h3H,1-2H3,(H,11,12,13). The molecule has 1 N–H and O–H groups in total. The molecule has 0 aliphatic rings. The molecule has 0 unspecified atom stereocenters. The van der Waals surface area contributed by atoms with Gasteiger partial charge in [0.15, 0.2) is 5.65 Å². The van der Waals surface area contributed by atoms with E-state index in [4.69, 9.17) is 11.6 Å². The van der Waals surface area contributed by atoms with Crippen LogP contribution in [0, 0.1) is 6.92 Å². The number of carbonyl (C=O) groups excluding carboxylic acids is 1. The van der Waals surface area contributed by atoms with E-state index < -0.39 is 5.97 Å². The van der Waals surface area contributed by atoms with Gasteiger partial charge in [-0.3, -0.25) is 5.10 Å². The molecule has 0 bridgehead atoms. The first-order chi connectivity index (χ1) is 7.13. The van der Waals surface area contributed by atoms with Crippen LogP contribution in [-0.4, -0.2) is 28.3 Å². The molecule has 15 heavy (non-hydrogen) atoms. The Kier molecular flexibility index (Phi) is 2.32. The Morgan fingerprint density at radius 1 is 1.60 bits per heavy atom. The van der Waals surface area contributed by atoms with Crippen molar-refractivity contribution in [1.82, 2.24) is 15.2 Å². The van der Waals surface area contributed by atoms with Gasteiger partial charge in [0, 0.05) is 5.69 Å². The van der Waals surface area contributed by atoms with Gasteiger partial charge < -0.3 is 4.74 Å². The summed E-state index contributed by atoms with van der Waals surface area (Å²) >= 11 is 5.76. The first kappa shape index (κ1) is 9.92. The SMILES string of the molecule is COC(=O)c1cc(Cl)nc2n[nH]c(C)c12. The number of ether oxygens (including phenoxy) is 1. The van der Waals surface area contributed by atoms with Crippen LogP contribution < -0.4 is 0 Å². The largest absolute Gasteiger partial charge is 0.465 e. The molecule has 2 heterocycles. The molecule has 0 spiro atoms. The molecule has 0 saturated heterocycles. The van der Waals surface area contributed by atoms with E-state index in [2.05, 4.69) is 19.9 Å². The number of esters is 1. The van der Waals surface area contributed by atoms with Gasteiger partial charge in [0.2, 0.25) is 0 Å². The number of methoxy groups -OCH3 is 1. The van der Waals surface area contributed by atoms with Gasteiger partial charge in [-0.15, -0.1) is 0 Å². The van der Waals surface area contributed by atoms with Gasteiger partial charge >= 0.3 is 5.97 Å². The molecule has 5 nitrogen and oxygen atoms in total. The van der Waals surface area contributed by atoms with Gasteiger partial charge in [0.05, 0.1) is 18.1 Å². The molecule has 6 heteroatoms. The van der Waals surface area contributed by atoms with Crippen molar-refractivity contribution in [3.05, 3.63) is 22.5 Å². The van der Waals surface area contributed by atoms with E-state index in [1.807, 2.05) is 0 Å². The Morgan fingerprint density at radius 2 is 2.33 bits per heavy atom. The maximum atomic E-state index is 11.5. The number of carbonyl (C=O) groups is 1. The fourth-order valence-electron chi connectivity index (χ4n) is 1.42. The van der Waals surface area contributed by atoms with Crippen molar-refractivity contribution in [2.75, 3.05) is 7.11 Å². The number of pyridine rings is 1. The molecule has 0 aromatic carbocycles. The van der Waals surface area contributed by atoms with Crippen LogP contribution in [0.5, 0.6) is 0 Å². The summed E-state index contributed by atoms with van der Waals surface area (Å²) in [5.74, 6) is -0.450. The highest BCUT2D eigenvalue weighted by Crippen LogP contribution is 2.22. The first-order valence-corrected chi connectivity index (χ1v) is 4.61. The van der Waals surface area contributed by atoms with Crippen molar-refractivity contribution in [2.24, 2.45) is 0 Å².